The van der Waals surface area contributed by atoms with Crippen molar-refractivity contribution in [1.29, 1.82) is 0 Å². The van der Waals surface area contributed by atoms with Gasteiger partial charge in [-0.05, 0) is 61.3 Å². The highest BCUT2D eigenvalue weighted by Crippen LogP contribution is 2.53. The number of amides is 1. The van der Waals surface area contributed by atoms with Gasteiger partial charge in [-0.25, -0.2) is 0 Å². The standard InChI is InChI=1S/C30H37ClN2O7/c1-2-33(13-15-7-5-3-4-6-8-15)14-17-11-20(34)23-19(25(17)31)10-16-9-18-12-21(35)24(29(32)39)28(38)30(18,40)27(37)22(16)26(23)36/h11,15-16,18,34,36,38,40H,2-10,12-14H2,1H3,(H2,32,39)/t16?,18-,30-/m0/s1. The number of aliphatic hydroxyl groups is 3. The van der Waals surface area contributed by atoms with Crippen molar-refractivity contribution in [3.05, 3.63) is 44.7 Å². The lowest BCUT2D eigenvalue weighted by molar-refractivity contribution is -0.147. The van der Waals surface area contributed by atoms with Crippen molar-refractivity contribution in [2.24, 2.45) is 23.5 Å². The second kappa shape index (κ2) is 10.8. The lowest BCUT2D eigenvalue weighted by Gasteiger charge is -2.46. The highest BCUT2D eigenvalue weighted by molar-refractivity contribution is 6.32. The predicted molar refractivity (Wildman–Crippen MR) is 149 cm³/mol. The van der Waals surface area contributed by atoms with Crippen LogP contribution in [0.25, 0.3) is 5.76 Å². The molecule has 1 amide bonds. The Morgan fingerprint density at radius 2 is 1.80 bits per heavy atom. The molecule has 1 unspecified atom stereocenters. The molecule has 216 valence electrons. The molecule has 0 radical (unpaired) electrons. The Bertz CT molecular complexity index is 1330. The van der Waals surface area contributed by atoms with Crippen LogP contribution in [0.15, 0.2) is 23.0 Å². The summed E-state index contributed by atoms with van der Waals surface area (Å²) in [7, 11) is 0. The second-order valence-corrected chi connectivity index (χ2v) is 12.2. The molecule has 1 aromatic carbocycles. The maximum atomic E-state index is 13.6. The molecule has 0 bridgehead atoms. The molecule has 40 heavy (non-hydrogen) atoms. The van der Waals surface area contributed by atoms with Gasteiger partial charge in [-0.2, -0.15) is 0 Å². The zero-order valence-electron chi connectivity index (χ0n) is 22.7. The van der Waals surface area contributed by atoms with Gasteiger partial charge in [0.25, 0.3) is 5.91 Å². The largest absolute Gasteiger partial charge is 0.508 e. The number of aromatic hydroxyl groups is 1. The van der Waals surface area contributed by atoms with Crippen molar-refractivity contribution in [3.63, 3.8) is 0 Å². The van der Waals surface area contributed by atoms with Crippen molar-refractivity contribution < 1.29 is 34.8 Å². The second-order valence-electron chi connectivity index (χ2n) is 11.8. The highest BCUT2D eigenvalue weighted by Gasteiger charge is 2.60. The molecule has 2 fully saturated rings. The number of aliphatic hydroxyl groups excluding tert-OH is 2. The van der Waals surface area contributed by atoms with E-state index in [0.29, 0.717) is 23.0 Å². The Morgan fingerprint density at radius 1 is 1.12 bits per heavy atom. The molecule has 3 atom stereocenters. The minimum atomic E-state index is -2.57. The van der Waals surface area contributed by atoms with Crippen LogP contribution >= 0.6 is 11.6 Å². The van der Waals surface area contributed by atoms with Crippen LogP contribution in [0.3, 0.4) is 0 Å². The smallest absolute Gasteiger partial charge is 0.255 e. The number of rotatable bonds is 6. The maximum absolute atomic E-state index is 13.6. The number of phenolic OH excluding ortho intramolecular Hbond substituents is 1. The molecule has 5 rings (SSSR count). The lowest BCUT2D eigenvalue weighted by Crippen LogP contribution is -2.58. The van der Waals surface area contributed by atoms with Crippen molar-refractivity contribution in [1.82, 2.24) is 4.90 Å². The van der Waals surface area contributed by atoms with Crippen LogP contribution in [-0.4, -0.2) is 61.5 Å². The van der Waals surface area contributed by atoms with E-state index < -0.39 is 52.0 Å². The number of nitrogens with zero attached hydrogens (tertiary/aromatic N) is 1. The molecular weight excluding hydrogens is 536 g/mol. The number of fused-ring (bicyclic) bond motifs is 3. The molecule has 1 aromatic rings. The number of phenols is 1. The molecule has 4 aliphatic rings. The highest BCUT2D eigenvalue weighted by atomic mass is 35.5. The number of nitrogens with two attached hydrogens (primary N) is 1. The molecular formula is C30H37ClN2O7. The third-order valence-electron chi connectivity index (χ3n) is 9.40. The van der Waals surface area contributed by atoms with E-state index >= 15 is 0 Å². The SMILES string of the molecule is CCN(Cc1cc(O)c2c(c1Cl)CC1C[C@H]3CC(=O)C(C(N)=O)=C(O)[C@@]3(O)C(=O)C1=C2O)CC1CCCCCC1. The summed E-state index contributed by atoms with van der Waals surface area (Å²) in [6.45, 7) is 4.38. The number of hydrogen-bond donors (Lipinski definition) is 5. The minimum absolute atomic E-state index is 0.0210. The first-order valence-electron chi connectivity index (χ1n) is 14.2. The first kappa shape index (κ1) is 28.6. The summed E-state index contributed by atoms with van der Waals surface area (Å²) in [6.07, 6.45) is 7.39. The van der Waals surface area contributed by atoms with E-state index in [1.54, 1.807) is 0 Å². The minimum Gasteiger partial charge on any atom is -0.508 e. The number of Topliss-reactive ketones (excluding diaryl/α,β-unsaturated/α-hetero) is 2. The lowest BCUT2D eigenvalue weighted by atomic mass is 9.59. The Hall–Kier alpha value is -2.88. The molecule has 6 N–H and O–H groups in total. The van der Waals surface area contributed by atoms with Gasteiger partial charge >= 0.3 is 0 Å². The number of primary amides is 1. The molecule has 0 aromatic heterocycles. The number of ketones is 2. The van der Waals surface area contributed by atoms with Gasteiger partial charge in [0.2, 0.25) is 5.78 Å². The Balaban J connectivity index is 1.50. The molecule has 10 heteroatoms. The number of carbonyl (C=O) groups excluding carboxylic acids is 3. The van der Waals surface area contributed by atoms with E-state index in [-0.39, 0.29) is 36.1 Å². The number of halogens is 1. The van der Waals surface area contributed by atoms with E-state index in [1.807, 2.05) is 0 Å². The van der Waals surface area contributed by atoms with Gasteiger partial charge in [0.05, 0.1) is 5.56 Å². The summed E-state index contributed by atoms with van der Waals surface area (Å²) in [4.78, 5) is 40.3. The zero-order chi connectivity index (χ0) is 28.9. The van der Waals surface area contributed by atoms with Crippen LogP contribution in [-0.2, 0) is 27.3 Å². The molecule has 0 spiro atoms. The predicted octanol–water partition coefficient (Wildman–Crippen LogP) is 3.87. The molecule has 0 saturated heterocycles. The summed E-state index contributed by atoms with van der Waals surface area (Å²) in [5.41, 5.74) is 2.94. The quantitative estimate of drug-likeness (QED) is 0.253. The summed E-state index contributed by atoms with van der Waals surface area (Å²) in [5, 5.41) is 44.8. The average molecular weight is 573 g/mol. The monoisotopic (exact) mass is 572 g/mol. The topological polar surface area (TPSA) is 161 Å². The van der Waals surface area contributed by atoms with Crippen LogP contribution in [0.4, 0.5) is 0 Å². The van der Waals surface area contributed by atoms with Crippen LogP contribution in [0, 0.1) is 17.8 Å². The van der Waals surface area contributed by atoms with Gasteiger partial charge in [0.1, 0.15) is 22.8 Å². The Morgan fingerprint density at radius 3 is 2.42 bits per heavy atom. The first-order chi connectivity index (χ1) is 19.0. The Labute approximate surface area is 238 Å². The normalized spacial score (nSPS) is 27.4. The number of carbonyl (C=O) groups is 3. The molecule has 4 aliphatic carbocycles. The Kier molecular flexibility index (Phi) is 7.76. The molecule has 0 aliphatic heterocycles. The summed E-state index contributed by atoms with van der Waals surface area (Å²) in [6, 6.07) is 1.51. The van der Waals surface area contributed by atoms with E-state index in [0.717, 1.165) is 18.7 Å². The zero-order valence-corrected chi connectivity index (χ0v) is 23.5. The fraction of sp³-hybridized carbons (Fsp3) is 0.567. The van der Waals surface area contributed by atoms with Crippen LogP contribution in [0.2, 0.25) is 5.02 Å². The van der Waals surface area contributed by atoms with Crippen LogP contribution in [0.5, 0.6) is 5.75 Å². The third-order valence-corrected chi connectivity index (χ3v) is 9.88. The van der Waals surface area contributed by atoms with Gasteiger partial charge in [-0.1, -0.05) is 44.2 Å². The van der Waals surface area contributed by atoms with Crippen molar-refractivity contribution in [2.75, 3.05) is 13.1 Å². The summed E-state index contributed by atoms with van der Waals surface area (Å²) in [5.74, 6) is -5.84. The summed E-state index contributed by atoms with van der Waals surface area (Å²) < 4.78 is 0. The van der Waals surface area contributed by atoms with E-state index in [2.05, 4.69) is 11.8 Å². The fourth-order valence-electron chi connectivity index (χ4n) is 7.30. The number of hydrogen-bond acceptors (Lipinski definition) is 8. The molecule has 9 nitrogen and oxygen atoms in total. The summed E-state index contributed by atoms with van der Waals surface area (Å²) >= 11 is 6.91. The average Bonchev–Trinajstić information content (AvgIpc) is 3.17. The van der Waals surface area contributed by atoms with Crippen molar-refractivity contribution >= 4 is 34.8 Å². The van der Waals surface area contributed by atoms with Gasteiger partial charge in [-0.15, -0.1) is 0 Å². The van der Waals surface area contributed by atoms with E-state index in [1.165, 1.54) is 44.6 Å². The van der Waals surface area contributed by atoms with E-state index in [9.17, 15) is 34.8 Å². The molecule has 0 heterocycles. The fourth-order valence-corrected chi connectivity index (χ4v) is 7.58. The van der Waals surface area contributed by atoms with Gasteiger partial charge in [0, 0.05) is 36.0 Å². The maximum Gasteiger partial charge on any atom is 0.255 e. The first-order valence-corrected chi connectivity index (χ1v) is 14.6. The third kappa shape index (κ3) is 4.62. The van der Waals surface area contributed by atoms with Crippen LogP contribution < -0.4 is 5.73 Å². The van der Waals surface area contributed by atoms with Gasteiger partial charge in [-0.3, -0.25) is 19.3 Å². The van der Waals surface area contributed by atoms with Crippen LogP contribution in [0.1, 0.15) is 75.0 Å². The van der Waals surface area contributed by atoms with Crippen molar-refractivity contribution in [2.45, 2.75) is 76.9 Å². The van der Waals surface area contributed by atoms with E-state index in [4.69, 9.17) is 17.3 Å². The molecule has 2 saturated carbocycles. The number of benzene rings is 1. The van der Waals surface area contributed by atoms with Gasteiger partial charge in [0.15, 0.2) is 11.4 Å². The van der Waals surface area contributed by atoms with Crippen molar-refractivity contribution in [3.8, 4) is 5.75 Å². The van der Waals surface area contributed by atoms with Gasteiger partial charge < -0.3 is 26.2 Å².